The predicted molar refractivity (Wildman–Crippen MR) is 113 cm³/mol. The van der Waals surface area contributed by atoms with E-state index in [1.54, 1.807) is 11.3 Å². The van der Waals surface area contributed by atoms with Gasteiger partial charge in [-0.3, -0.25) is 0 Å². The SMILES string of the molecule is CCCCOc1ccc(NC(=O)N(Cc2cccs2)C2CCCCC2)cc1. The summed E-state index contributed by atoms with van der Waals surface area (Å²) in [6.45, 7) is 3.57. The van der Waals surface area contributed by atoms with Gasteiger partial charge in [-0.05, 0) is 55.0 Å². The van der Waals surface area contributed by atoms with Crippen molar-refractivity contribution in [2.24, 2.45) is 0 Å². The summed E-state index contributed by atoms with van der Waals surface area (Å²) in [4.78, 5) is 16.3. The summed E-state index contributed by atoms with van der Waals surface area (Å²) in [6.07, 6.45) is 8.08. The quantitative estimate of drug-likeness (QED) is 0.541. The molecule has 3 rings (SSSR count). The van der Waals surface area contributed by atoms with Crippen LogP contribution in [0.15, 0.2) is 41.8 Å². The Bertz CT molecular complexity index is 679. The lowest BCUT2D eigenvalue weighted by Crippen LogP contribution is -2.43. The molecule has 0 radical (unpaired) electrons. The molecule has 2 amide bonds. The third kappa shape index (κ3) is 5.99. The standard InChI is InChI=1S/C22H30N2O2S/c1-2-3-15-26-20-13-11-18(12-14-20)23-22(25)24(17-21-10-7-16-27-21)19-8-5-4-6-9-19/h7,10-14,16,19H,2-6,8-9,15,17H2,1H3,(H,23,25). The van der Waals surface area contributed by atoms with Crippen molar-refractivity contribution in [1.82, 2.24) is 4.90 Å². The average Bonchev–Trinajstić information content (AvgIpc) is 3.21. The van der Waals surface area contributed by atoms with E-state index in [-0.39, 0.29) is 6.03 Å². The Hall–Kier alpha value is -2.01. The van der Waals surface area contributed by atoms with Crippen LogP contribution in [-0.4, -0.2) is 23.6 Å². The molecule has 1 aromatic heterocycles. The van der Waals surface area contributed by atoms with Crippen LogP contribution in [0.25, 0.3) is 0 Å². The van der Waals surface area contributed by atoms with Gasteiger partial charge in [-0.1, -0.05) is 38.7 Å². The molecule has 0 spiro atoms. The summed E-state index contributed by atoms with van der Waals surface area (Å²) >= 11 is 1.71. The number of urea groups is 1. The summed E-state index contributed by atoms with van der Waals surface area (Å²) < 4.78 is 5.70. The van der Waals surface area contributed by atoms with E-state index in [4.69, 9.17) is 4.74 Å². The molecule has 1 N–H and O–H groups in total. The van der Waals surface area contributed by atoms with Gasteiger partial charge in [-0.2, -0.15) is 0 Å². The number of anilines is 1. The smallest absolute Gasteiger partial charge is 0.322 e. The van der Waals surface area contributed by atoms with Crippen LogP contribution in [-0.2, 0) is 6.54 Å². The first-order valence-electron chi connectivity index (χ1n) is 10.1. The lowest BCUT2D eigenvalue weighted by molar-refractivity contribution is 0.163. The molecule has 0 bridgehead atoms. The molecule has 0 atom stereocenters. The molecular formula is C22H30N2O2S. The number of nitrogens with zero attached hydrogens (tertiary/aromatic N) is 1. The molecule has 1 fully saturated rings. The molecule has 1 saturated carbocycles. The van der Waals surface area contributed by atoms with E-state index in [0.29, 0.717) is 12.6 Å². The minimum atomic E-state index is -0.00467. The fourth-order valence-corrected chi connectivity index (χ4v) is 4.20. The number of amides is 2. The molecule has 0 aliphatic heterocycles. The van der Waals surface area contributed by atoms with Crippen LogP contribution in [0.3, 0.4) is 0 Å². The van der Waals surface area contributed by atoms with Crippen molar-refractivity contribution in [2.75, 3.05) is 11.9 Å². The highest BCUT2D eigenvalue weighted by Gasteiger charge is 2.26. The Balaban J connectivity index is 1.62. The molecule has 5 heteroatoms. The fraction of sp³-hybridized carbons (Fsp3) is 0.500. The van der Waals surface area contributed by atoms with E-state index >= 15 is 0 Å². The maximum Gasteiger partial charge on any atom is 0.322 e. The summed E-state index contributed by atoms with van der Waals surface area (Å²) in [5.74, 6) is 0.851. The van der Waals surface area contributed by atoms with Crippen molar-refractivity contribution in [2.45, 2.75) is 64.5 Å². The molecule has 1 aromatic carbocycles. The van der Waals surface area contributed by atoms with Crippen LogP contribution in [0.1, 0.15) is 56.7 Å². The number of nitrogens with one attached hydrogen (secondary N) is 1. The monoisotopic (exact) mass is 386 g/mol. The molecule has 27 heavy (non-hydrogen) atoms. The lowest BCUT2D eigenvalue weighted by atomic mass is 9.94. The number of carbonyl (C=O) groups is 1. The van der Waals surface area contributed by atoms with Crippen LogP contribution in [0, 0.1) is 0 Å². The van der Waals surface area contributed by atoms with E-state index in [1.165, 1.54) is 24.1 Å². The zero-order valence-electron chi connectivity index (χ0n) is 16.2. The number of hydrogen-bond donors (Lipinski definition) is 1. The van der Waals surface area contributed by atoms with Crippen LogP contribution in [0.5, 0.6) is 5.75 Å². The molecule has 0 saturated heterocycles. The number of rotatable bonds is 8. The van der Waals surface area contributed by atoms with Gasteiger partial charge in [0.1, 0.15) is 5.75 Å². The van der Waals surface area contributed by atoms with E-state index < -0.39 is 0 Å². The van der Waals surface area contributed by atoms with Crippen molar-refractivity contribution in [3.05, 3.63) is 46.7 Å². The Morgan fingerprint density at radius 3 is 2.63 bits per heavy atom. The summed E-state index contributed by atoms with van der Waals surface area (Å²) in [5.41, 5.74) is 0.815. The van der Waals surface area contributed by atoms with Gasteiger partial charge in [0.15, 0.2) is 0 Å². The highest BCUT2D eigenvalue weighted by Crippen LogP contribution is 2.26. The van der Waals surface area contributed by atoms with Crippen molar-refractivity contribution >= 4 is 23.1 Å². The van der Waals surface area contributed by atoms with Crippen LogP contribution >= 0.6 is 11.3 Å². The number of ether oxygens (including phenoxy) is 1. The minimum absolute atomic E-state index is 0.00467. The van der Waals surface area contributed by atoms with Gasteiger partial charge in [-0.15, -0.1) is 11.3 Å². The Morgan fingerprint density at radius 1 is 1.19 bits per heavy atom. The number of unbranched alkanes of at least 4 members (excludes halogenated alkanes) is 1. The Morgan fingerprint density at radius 2 is 1.96 bits per heavy atom. The number of benzene rings is 1. The van der Waals surface area contributed by atoms with Gasteiger partial charge >= 0.3 is 6.03 Å². The van der Waals surface area contributed by atoms with Crippen molar-refractivity contribution < 1.29 is 9.53 Å². The Labute approximate surface area is 166 Å². The van der Waals surface area contributed by atoms with E-state index in [0.717, 1.165) is 43.7 Å². The third-order valence-electron chi connectivity index (χ3n) is 5.05. The van der Waals surface area contributed by atoms with Gasteiger partial charge in [0.25, 0.3) is 0 Å². The summed E-state index contributed by atoms with van der Waals surface area (Å²) in [6, 6.07) is 12.2. The molecule has 4 nitrogen and oxygen atoms in total. The predicted octanol–water partition coefficient (Wildman–Crippen LogP) is 6.29. The van der Waals surface area contributed by atoms with Crippen molar-refractivity contribution in [1.29, 1.82) is 0 Å². The van der Waals surface area contributed by atoms with E-state index in [9.17, 15) is 4.79 Å². The van der Waals surface area contributed by atoms with Gasteiger partial charge in [0.2, 0.25) is 0 Å². The normalized spacial score (nSPS) is 14.7. The largest absolute Gasteiger partial charge is 0.494 e. The highest BCUT2D eigenvalue weighted by atomic mass is 32.1. The molecule has 1 aliphatic rings. The van der Waals surface area contributed by atoms with E-state index in [2.05, 4.69) is 23.7 Å². The molecule has 146 valence electrons. The summed E-state index contributed by atoms with van der Waals surface area (Å²) in [5, 5.41) is 5.16. The third-order valence-corrected chi connectivity index (χ3v) is 5.92. The molecule has 0 unspecified atom stereocenters. The first-order valence-corrected chi connectivity index (χ1v) is 11.0. The number of hydrogen-bond acceptors (Lipinski definition) is 3. The van der Waals surface area contributed by atoms with Crippen molar-refractivity contribution in [3.8, 4) is 5.75 Å². The van der Waals surface area contributed by atoms with Gasteiger partial charge in [0, 0.05) is 16.6 Å². The number of thiophene rings is 1. The molecule has 1 aliphatic carbocycles. The zero-order chi connectivity index (χ0) is 18.9. The molecule has 1 heterocycles. The first-order chi connectivity index (χ1) is 13.3. The lowest BCUT2D eigenvalue weighted by Gasteiger charge is -2.34. The molecule has 2 aromatic rings. The average molecular weight is 387 g/mol. The highest BCUT2D eigenvalue weighted by molar-refractivity contribution is 7.09. The zero-order valence-corrected chi connectivity index (χ0v) is 17.0. The Kier molecular flexibility index (Phi) is 7.57. The second-order valence-electron chi connectivity index (χ2n) is 7.16. The van der Waals surface area contributed by atoms with Gasteiger partial charge < -0.3 is 15.0 Å². The maximum atomic E-state index is 13.0. The van der Waals surface area contributed by atoms with Gasteiger partial charge in [0.05, 0.1) is 13.2 Å². The summed E-state index contributed by atoms with van der Waals surface area (Å²) in [7, 11) is 0. The second-order valence-corrected chi connectivity index (χ2v) is 8.19. The minimum Gasteiger partial charge on any atom is -0.494 e. The van der Waals surface area contributed by atoms with Crippen LogP contribution in [0.2, 0.25) is 0 Å². The van der Waals surface area contributed by atoms with Crippen molar-refractivity contribution in [3.63, 3.8) is 0 Å². The van der Waals surface area contributed by atoms with Crippen LogP contribution < -0.4 is 10.1 Å². The fourth-order valence-electron chi connectivity index (χ4n) is 3.49. The van der Waals surface area contributed by atoms with Crippen LogP contribution in [0.4, 0.5) is 10.5 Å². The number of carbonyl (C=O) groups excluding carboxylic acids is 1. The molecular weight excluding hydrogens is 356 g/mol. The maximum absolute atomic E-state index is 13.0. The van der Waals surface area contributed by atoms with E-state index in [1.807, 2.05) is 35.2 Å². The first kappa shape index (κ1) is 19.7. The van der Waals surface area contributed by atoms with Gasteiger partial charge in [-0.25, -0.2) is 4.79 Å². The topological polar surface area (TPSA) is 41.6 Å². The second kappa shape index (κ2) is 10.4.